The van der Waals surface area contributed by atoms with E-state index in [4.69, 9.17) is 5.26 Å². The van der Waals surface area contributed by atoms with Crippen LogP contribution in [0, 0.1) is 11.3 Å². The van der Waals surface area contributed by atoms with Crippen LogP contribution in [0.15, 0.2) is 48.5 Å². The minimum atomic E-state index is 0.0163. The molecule has 3 heteroatoms. The zero-order valence-electron chi connectivity index (χ0n) is 8.85. The van der Waals surface area contributed by atoms with E-state index in [9.17, 15) is 4.79 Å². The first kappa shape index (κ1) is 11.8. The van der Waals surface area contributed by atoms with Gasteiger partial charge in [0.2, 0.25) is 3.79 Å². The van der Waals surface area contributed by atoms with Gasteiger partial charge in [0, 0.05) is 28.2 Å². The number of carbonyl (C=O) groups is 1. The Kier molecular flexibility index (Phi) is 3.55. The van der Waals surface area contributed by atoms with E-state index < -0.39 is 0 Å². The molecular weight excluding hydrogens is 325 g/mol. The minimum absolute atomic E-state index is 0.0163. The van der Waals surface area contributed by atoms with Crippen LogP contribution in [-0.4, -0.2) is 3.79 Å². The maximum atomic E-state index is 11.5. The lowest BCUT2D eigenvalue weighted by atomic mass is 9.99. The SMILES string of the molecule is N#Cc1ccc(-c2ccccc2C(=O)I)cc1. The Morgan fingerprint density at radius 2 is 1.71 bits per heavy atom. The molecule has 0 N–H and O–H groups in total. The van der Waals surface area contributed by atoms with E-state index in [-0.39, 0.29) is 3.79 Å². The summed E-state index contributed by atoms with van der Waals surface area (Å²) >= 11 is 1.78. The number of nitriles is 1. The molecule has 0 aliphatic rings. The van der Waals surface area contributed by atoms with Crippen molar-refractivity contribution in [1.29, 1.82) is 5.26 Å². The van der Waals surface area contributed by atoms with Gasteiger partial charge in [-0.05, 0) is 29.3 Å². The molecule has 0 aromatic heterocycles. The van der Waals surface area contributed by atoms with Crippen LogP contribution in [-0.2, 0) is 0 Å². The van der Waals surface area contributed by atoms with Gasteiger partial charge in [0.25, 0.3) is 0 Å². The Morgan fingerprint density at radius 1 is 1.06 bits per heavy atom. The highest BCUT2D eigenvalue weighted by molar-refractivity contribution is 14.1. The van der Waals surface area contributed by atoms with Gasteiger partial charge in [0.05, 0.1) is 11.6 Å². The molecule has 0 radical (unpaired) electrons. The molecule has 0 amide bonds. The van der Waals surface area contributed by atoms with Crippen LogP contribution in [0.4, 0.5) is 0 Å². The molecule has 2 nitrogen and oxygen atoms in total. The van der Waals surface area contributed by atoms with Crippen LogP contribution in [0.1, 0.15) is 15.9 Å². The number of hydrogen-bond donors (Lipinski definition) is 0. The molecule has 0 spiro atoms. The predicted octanol–water partition coefficient (Wildman–Crippen LogP) is 3.80. The van der Waals surface area contributed by atoms with Gasteiger partial charge in [-0.2, -0.15) is 5.26 Å². The van der Waals surface area contributed by atoms with E-state index in [1.807, 2.05) is 36.4 Å². The Labute approximate surface area is 113 Å². The molecule has 0 heterocycles. The van der Waals surface area contributed by atoms with Crippen molar-refractivity contribution in [3.05, 3.63) is 59.7 Å². The van der Waals surface area contributed by atoms with E-state index in [2.05, 4.69) is 6.07 Å². The first-order chi connectivity index (χ1) is 8.22. The standard InChI is InChI=1S/C14H8INO/c15-14(17)13-4-2-1-3-12(13)11-7-5-10(9-16)6-8-11/h1-8H. The van der Waals surface area contributed by atoms with E-state index >= 15 is 0 Å². The maximum Gasteiger partial charge on any atom is 0.223 e. The second kappa shape index (κ2) is 5.11. The molecule has 0 aliphatic carbocycles. The summed E-state index contributed by atoms with van der Waals surface area (Å²) in [4.78, 5) is 11.5. The fourth-order valence-electron chi connectivity index (χ4n) is 1.63. The number of halogens is 1. The lowest BCUT2D eigenvalue weighted by Crippen LogP contribution is -1.92. The fourth-order valence-corrected chi connectivity index (χ4v) is 2.10. The first-order valence-electron chi connectivity index (χ1n) is 5.02. The molecule has 0 aliphatic heterocycles. The summed E-state index contributed by atoms with van der Waals surface area (Å²) in [6.45, 7) is 0. The van der Waals surface area contributed by atoms with Gasteiger partial charge < -0.3 is 0 Å². The van der Waals surface area contributed by atoms with Gasteiger partial charge in [-0.25, -0.2) is 0 Å². The number of carbonyl (C=O) groups excluding carboxylic acids is 1. The van der Waals surface area contributed by atoms with Crippen LogP contribution in [0.2, 0.25) is 0 Å². The number of rotatable bonds is 2. The minimum Gasteiger partial charge on any atom is -0.282 e. The van der Waals surface area contributed by atoms with Gasteiger partial charge in [0.1, 0.15) is 0 Å². The topological polar surface area (TPSA) is 40.9 Å². The summed E-state index contributed by atoms with van der Waals surface area (Å²) in [6, 6.07) is 16.8. The molecule has 17 heavy (non-hydrogen) atoms. The van der Waals surface area contributed by atoms with E-state index in [0.29, 0.717) is 11.1 Å². The smallest absolute Gasteiger partial charge is 0.223 e. The maximum absolute atomic E-state index is 11.5. The summed E-state index contributed by atoms with van der Waals surface area (Å²) in [6.07, 6.45) is 0. The lowest BCUT2D eigenvalue weighted by molar-refractivity contribution is 0.110. The molecule has 0 saturated carbocycles. The summed E-state index contributed by atoms with van der Waals surface area (Å²) < 4.78 is 0.0163. The van der Waals surface area contributed by atoms with Crippen LogP contribution in [0.5, 0.6) is 0 Å². The Hall–Kier alpha value is -1.67. The van der Waals surface area contributed by atoms with Crippen molar-refractivity contribution in [2.45, 2.75) is 0 Å². The second-order valence-corrected chi connectivity index (χ2v) is 4.49. The van der Waals surface area contributed by atoms with Crippen molar-refractivity contribution in [2.75, 3.05) is 0 Å². The van der Waals surface area contributed by atoms with Gasteiger partial charge in [-0.1, -0.05) is 30.3 Å². The van der Waals surface area contributed by atoms with Crippen molar-refractivity contribution < 1.29 is 4.79 Å². The molecule has 82 valence electrons. The van der Waals surface area contributed by atoms with E-state index in [0.717, 1.165) is 11.1 Å². The van der Waals surface area contributed by atoms with Crippen molar-refractivity contribution in [3.63, 3.8) is 0 Å². The summed E-state index contributed by atoms with van der Waals surface area (Å²) in [5.41, 5.74) is 3.16. The molecule has 0 fully saturated rings. The third-order valence-corrected chi connectivity index (χ3v) is 3.04. The normalized spacial score (nSPS) is 9.65. The van der Waals surface area contributed by atoms with Crippen LogP contribution in [0.3, 0.4) is 0 Å². The van der Waals surface area contributed by atoms with Gasteiger partial charge in [-0.15, -0.1) is 0 Å². The summed E-state index contributed by atoms with van der Waals surface area (Å²) in [5, 5.41) is 8.74. The lowest BCUT2D eigenvalue weighted by Gasteiger charge is -2.06. The predicted molar refractivity (Wildman–Crippen MR) is 74.9 cm³/mol. The third-order valence-electron chi connectivity index (χ3n) is 2.46. The molecule has 0 bridgehead atoms. The molecule has 0 saturated heterocycles. The highest BCUT2D eigenvalue weighted by Gasteiger charge is 2.08. The Bertz CT molecular complexity index is 596. The van der Waals surface area contributed by atoms with Gasteiger partial charge in [0.15, 0.2) is 0 Å². The largest absolute Gasteiger partial charge is 0.282 e. The molecular formula is C14H8INO. The van der Waals surface area contributed by atoms with Crippen LogP contribution < -0.4 is 0 Å². The Morgan fingerprint density at radius 3 is 2.29 bits per heavy atom. The monoisotopic (exact) mass is 333 g/mol. The average Bonchev–Trinajstić information content (AvgIpc) is 2.39. The van der Waals surface area contributed by atoms with E-state index in [1.54, 1.807) is 34.7 Å². The fraction of sp³-hybridized carbons (Fsp3) is 0. The average molecular weight is 333 g/mol. The first-order valence-corrected chi connectivity index (χ1v) is 6.09. The molecule has 2 aromatic carbocycles. The zero-order chi connectivity index (χ0) is 12.3. The summed E-state index contributed by atoms with van der Waals surface area (Å²) in [7, 11) is 0. The molecule has 0 atom stereocenters. The van der Waals surface area contributed by atoms with Crippen LogP contribution in [0.25, 0.3) is 11.1 Å². The molecule has 2 aromatic rings. The number of benzene rings is 2. The Balaban J connectivity index is 2.53. The zero-order valence-corrected chi connectivity index (χ0v) is 11.0. The molecule has 0 unspecified atom stereocenters. The van der Waals surface area contributed by atoms with E-state index in [1.165, 1.54) is 0 Å². The van der Waals surface area contributed by atoms with Crippen molar-refractivity contribution in [3.8, 4) is 17.2 Å². The second-order valence-electron chi connectivity index (χ2n) is 3.51. The van der Waals surface area contributed by atoms with Gasteiger partial charge in [-0.3, -0.25) is 4.79 Å². The van der Waals surface area contributed by atoms with Gasteiger partial charge >= 0.3 is 0 Å². The van der Waals surface area contributed by atoms with Crippen molar-refractivity contribution in [2.24, 2.45) is 0 Å². The summed E-state index contributed by atoms with van der Waals surface area (Å²) in [5.74, 6) is 0. The van der Waals surface area contributed by atoms with Crippen molar-refractivity contribution >= 4 is 26.4 Å². The quantitative estimate of drug-likeness (QED) is 0.620. The number of nitrogens with zero attached hydrogens (tertiary/aromatic N) is 1. The van der Waals surface area contributed by atoms with Crippen molar-refractivity contribution in [1.82, 2.24) is 0 Å². The number of hydrogen-bond acceptors (Lipinski definition) is 2. The third kappa shape index (κ3) is 2.53. The highest BCUT2D eigenvalue weighted by Crippen LogP contribution is 2.25. The molecule has 2 rings (SSSR count). The van der Waals surface area contributed by atoms with Crippen LogP contribution >= 0.6 is 22.6 Å². The highest BCUT2D eigenvalue weighted by atomic mass is 127.